The Balaban J connectivity index is 1.27. The average Bonchev–Trinajstić information content (AvgIpc) is 2.93. The molecule has 2 aliphatic carbocycles. The van der Waals surface area contributed by atoms with E-state index in [4.69, 9.17) is 8.37 Å². The van der Waals surface area contributed by atoms with Crippen LogP contribution in [0.15, 0.2) is 58.3 Å². The molecule has 2 saturated carbocycles. The van der Waals surface area contributed by atoms with Crippen LogP contribution >= 0.6 is 0 Å². The summed E-state index contributed by atoms with van der Waals surface area (Å²) in [6.07, 6.45) is 4.54. The number of nitro benzene ring substituents is 2. The molecule has 2 aromatic carbocycles. The highest BCUT2D eigenvalue weighted by Gasteiger charge is 2.42. The molecule has 0 radical (unpaired) electrons. The molecule has 0 atom stereocenters. The zero-order valence-electron chi connectivity index (χ0n) is 22.9. The molecule has 0 aliphatic heterocycles. The summed E-state index contributed by atoms with van der Waals surface area (Å²) in [5, 5.41) is 21.7. The van der Waals surface area contributed by atoms with E-state index in [2.05, 4.69) is 13.8 Å². The third kappa shape index (κ3) is 7.29. The summed E-state index contributed by atoms with van der Waals surface area (Å²) in [4.78, 5) is 20.3. The standard InChI is InChI=1S/C27H34N2O10S2/c1-27(2,19-3-11-23(12-4-19)38-40(34,35)25-15-7-21(8-16-25)28(30)31)20-5-13-24(14-6-20)39-41(36,37)26-17-9-22(10-18-26)29(32)33/h7-10,15-20,23-24H,3-6,11-14H2,1-2H3. The van der Waals surface area contributed by atoms with Gasteiger partial charge in [0, 0.05) is 24.3 Å². The van der Waals surface area contributed by atoms with Crippen LogP contribution < -0.4 is 0 Å². The van der Waals surface area contributed by atoms with Crippen LogP contribution in [0.2, 0.25) is 0 Å². The quantitative estimate of drug-likeness (QED) is 0.183. The predicted molar refractivity (Wildman–Crippen MR) is 148 cm³/mol. The van der Waals surface area contributed by atoms with Crippen LogP contribution in [0.25, 0.3) is 0 Å². The maximum absolute atomic E-state index is 12.7. The molecular formula is C27H34N2O10S2. The lowest BCUT2D eigenvalue weighted by Crippen LogP contribution is -2.39. The second-order valence-corrected chi connectivity index (χ2v) is 14.5. The van der Waals surface area contributed by atoms with Crippen LogP contribution in [-0.4, -0.2) is 38.9 Å². The fourth-order valence-electron chi connectivity index (χ4n) is 6.08. The van der Waals surface area contributed by atoms with Crippen LogP contribution in [0.4, 0.5) is 11.4 Å². The van der Waals surface area contributed by atoms with E-state index in [1.54, 1.807) is 0 Å². The molecule has 0 N–H and O–H groups in total. The van der Waals surface area contributed by atoms with Crippen molar-refractivity contribution in [1.82, 2.24) is 0 Å². The number of nitro groups is 2. The van der Waals surface area contributed by atoms with Crippen molar-refractivity contribution in [2.45, 2.75) is 87.2 Å². The third-order valence-electron chi connectivity index (χ3n) is 8.65. The first-order valence-corrected chi connectivity index (χ1v) is 16.4. The zero-order chi connectivity index (χ0) is 30.0. The number of hydrogen-bond acceptors (Lipinski definition) is 10. The molecule has 0 saturated heterocycles. The molecule has 2 fully saturated rings. The SMILES string of the molecule is CC(C)(C1CCC(OS(=O)(=O)c2ccc([N+](=O)[O-])cc2)CC1)C1CCC(OS(=O)(=O)c2ccc([N+](=O)[O-])cc2)CC1. The van der Waals surface area contributed by atoms with Gasteiger partial charge in [-0.15, -0.1) is 0 Å². The molecule has 0 amide bonds. The van der Waals surface area contributed by atoms with Crippen molar-refractivity contribution in [3.05, 3.63) is 68.8 Å². The number of rotatable bonds is 10. The summed E-state index contributed by atoms with van der Waals surface area (Å²) in [6, 6.07) is 9.28. The largest absolute Gasteiger partial charge is 0.297 e. The molecule has 0 aromatic heterocycles. The molecule has 224 valence electrons. The van der Waals surface area contributed by atoms with E-state index in [-0.39, 0.29) is 26.6 Å². The lowest BCUT2D eigenvalue weighted by Gasteiger charge is -2.46. The highest BCUT2D eigenvalue weighted by Crippen LogP contribution is 2.49. The summed E-state index contributed by atoms with van der Waals surface area (Å²) in [7, 11) is -8.08. The first-order chi connectivity index (χ1) is 19.2. The van der Waals surface area contributed by atoms with Crippen LogP contribution in [0.3, 0.4) is 0 Å². The monoisotopic (exact) mass is 610 g/mol. The van der Waals surface area contributed by atoms with Crippen molar-refractivity contribution >= 4 is 31.6 Å². The lowest BCUT2D eigenvalue weighted by molar-refractivity contribution is -0.385. The summed E-state index contributed by atoms with van der Waals surface area (Å²) in [5.41, 5.74) is -0.443. The summed E-state index contributed by atoms with van der Waals surface area (Å²) in [6.45, 7) is 4.43. The predicted octanol–water partition coefficient (Wildman–Crippen LogP) is 5.76. The van der Waals surface area contributed by atoms with Crippen molar-refractivity contribution < 1.29 is 35.0 Å². The van der Waals surface area contributed by atoms with Gasteiger partial charge in [-0.05, 0) is 92.9 Å². The molecule has 0 unspecified atom stereocenters. The molecule has 14 heteroatoms. The summed E-state index contributed by atoms with van der Waals surface area (Å²) >= 11 is 0. The van der Waals surface area contributed by atoms with Gasteiger partial charge in [-0.1, -0.05) is 13.8 Å². The Morgan fingerprint density at radius 2 is 0.902 bits per heavy atom. The fourth-order valence-corrected chi connectivity index (χ4v) is 8.34. The van der Waals surface area contributed by atoms with E-state index >= 15 is 0 Å². The van der Waals surface area contributed by atoms with Gasteiger partial charge < -0.3 is 0 Å². The second kappa shape index (κ2) is 12.1. The first-order valence-electron chi connectivity index (χ1n) is 13.5. The van der Waals surface area contributed by atoms with Gasteiger partial charge in [0.15, 0.2) is 0 Å². The van der Waals surface area contributed by atoms with E-state index in [1.807, 2.05) is 0 Å². The highest BCUT2D eigenvalue weighted by molar-refractivity contribution is 7.87. The van der Waals surface area contributed by atoms with Crippen molar-refractivity contribution in [1.29, 1.82) is 0 Å². The number of nitrogens with zero attached hydrogens (tertiary/aromatic N) is 2. The van der Waals surface area contributed by atoms with Gasteiger partial charge in [0.2, 0.25) is 0 Å². The molecule has 2 aliphatic rings. The van der Waals surface area contributed by atoms with Gasteiger partial charge in [-0.25, -0.2) is 0 Å². The van der Waals surface area contributed by atoms with E-state index in [9.17, 15) is 37.1 Å². The van der Waals surface area contributed by atoms with Crippen LogP contribution in [0.5, 0.6) is 0 Å². The molecular weight excluding hydrogens is 576 g/mol. The minimum atomic E-state index is -4.04. The van der Waals surface area contributed by atoms with Gasteiger partial charge in [-0.2, -0.15) is 16.8 Å². The van der Waals surface area contributed by atoms with Crippen molar-refractivity contribution in [2.75, 3.05) is 0 Å². The van der Waals surface area contributed by atoms with Crippen LogP contribution in [0.1, 0.15) is 65.2 Å². The Kier molecular flexibility index (Phi) is 9.16. The lowest BCUT2D eigenvalue weighted by atomic mass is 9.60. The maximum Gasteiger partial charge on any atom is 0.297 e. The molecule has 0 bridgehead atoms. The van der Waals surface area contributed by atoms with E-state index in [0.29, 0.717) is 37.5 Å². The fraction of sp³-hybridized carbons (Fsp3) is 0.556. The van der Waals surface area contributed by atoms with E-state index in [1.165, 1.54) is 24.3 Å². The Morgan fingerprint density at radius 3 is 1.17 bits per heavy atom. The number of non-ortho nitro benzene ring substituents is 2. The zero-order valence-corrected chi connectivity index (χ0v) is 24.5. The topological polar surface area (TPSA) is 173 Å². The van der Waals surface area contributed by atoms with E-state index in [0.717, 1.165) is 49.9 Å². The van der Waals surface area contributed by atoms with E-state index < -0.39 is 42.3 Å². The summed E-state index contributed by atoms with van der Waals surface area (Å²) in [5.74, 6) is 0.687. The molecule has 41 heavy (non-hydrogen) atoms. The Morgan fingerprint density at radius 1 is 0.610 bits per heavy atom. The van der Waals surface area contributed by atoms with Crippen molar-refractivity contribution in [2.24, 2.45) is 17.3 Å². The molecule has 0 spiro atoms. The average molecular weight is 611 g/mol. The van der Waals surface area contributed by atoms with Crippen LogP contribution in [0, 0.1) is 37.5 Å². The first kappa shape index (κ1) is 31.0. The molecule has 12 nitrogen and oxygen atoms in total. The highest BCUT2D eigenvalue weighted by atomic mass is 32.2. The summed E-state index contributed by atoms with van der Waals surface area (Å²) < 4.78 is 61.7. The van der Waals surface area contributed by atoms with Crippen LogP contribution in [-0.2, 0) is 28.6 Å². The second-order valence-electron chi connectivity index (χ2n) is 11.4. The normalized spacial score (nSPS) is 24.0. The van der Waals surface area contributed by atoms with Gasteiger partial charge in [-0.3, -0.25) is 28.6 Å². The van der Waals surface area contributed by atoms with Gasteiger partial charge in [0.1, 0.15) is 0 Å². The number of benzene rings is 2. The number of hydrogen-bond donors (Lipinski definition) is 0. The minimum absolute atomic E-state index is 0.0512. The van der Waals surface area contributed by atoms with Gasteiger partial charge in [0.05, 0.1) is 31.8 Å². The Labute approximate surface area is 239 Å². The molecule has 0 heterocycles. The smallest absolute Gasteiger partial charge is 0.263 e. The van der Waals surface area contributed by atoms with Gasteiger partial charge >= 0.3 is 0 Å². The minimum Gasteiger partial charge on any atom is -0.263 e. The Hall–Kier alpha value is -2.94. The molecule has 4 rings (SSSR count). The Bertz CT molecular complexity index is 1350. The van der Waals surface area contributed by atoms with Crippen molar-refractivity contribution in [3.8, 4) is 0 Å². The molecule has 2 aromatic rings. The maximum atomic E-state index is 12.7. The third-order valence-corrected chi connectivity index (χ3v) is 11.4. The van der Waals surface area contributed by atoms with Crippen molar-refractivity contribution in [3.63, 3.8) is 0 Å². The van der Waals surface area contributed by atoms with Gasteiger partial charge in [0.25, 0.3) is 31.6 Å².